The van der Waals surface area contributed by atoms with Crippen molar-refractivity contribution in [3.8, 4) is 11.5 Å². The molecule has 2 aromatic carbocycles. The quantitative estimate of drug-likeness (QED) is 0.377. The number of aromatic nitrogens is 3. The highest BCUT2D eigenvalue weighted by atomic mass is 19.1. The molecule has 4 rings (SSSR count). The van der Waals surface area contributed by atoms with Gasteiger partial charge >= 0.3 is 11.7 Å². The lowest BCUT2D eigenvalue weighted by Crippen LogP contribution is -2.29. The summed E-state index contributed by atoms with van der Waals surface area (Å²) in [6.45, 7) is 2.71. The van der Waals surface area contributed by atoms with Gasteiger partial charge in [0.15, 0.2) is 6.10 Å². The third-order valence-electron chi connectivity index (χ3n) is 4.79. The number of nitrogens with one attached hydrogen (secondary N) is 1. The van der Waals surface area contributed by atoms with Crippen molar-refractivity contribution in [1.82, 2.24) is 14.8 Å². The van der Waals surface area contributed by atoms with Gasteiger partial charge in [-0.1, -0.05) is 18.2 Å². The maximum Gasteiger partial charge on any atom is 0.437 e. The third kappa shape index (κ3) is 4.02. The average Bonchev–Trinajstić information content (AvgIpc) is 3.26. The van der Waals surface area contributed by atoms with E-state index < -0.39 is 30.2 Å². The number of benzene rings is 2. The Hall–Kier alpha value is -4.01. The summed E-state index contributed by atoms with van der Waals surface area (Å²) in [5, 5.41) is 4.67. The van der Waals surface area contributed by atoms with Crippen molar-refractivity contribution >= 4 is 22.7 Å². The molecule has 0 radical (unpaired) electrons. The number of ketones is 1. The second kappa shape index (κ2) is 8.02. The minimum absolute atomic E-state index is 0.0589. The zero-order valence-electron chi connectivity index (χ0n) is 16.7. The van der Waals surface area contributed by atoms with Crippen LogP contribution in [-0.2, 0) is 16.1 Å². The van der Waals surface area contributed by atoms with Crippen LogP contribution in [0.5, 0.6) is 0 Å². The highest BCUT2D eigenvalue weighted by molar-refractivity contribution is 6.11. The molecule has 8 nitrogen and oxygen atoms in total. The number of ether oxygens (including phenoxy) is 1. The normalized spacial score (nSPS) is 12.1. The predicted molar refractivity (Wildman–Crippen MR) is 109 cm³/mol. The van der Waals surface area contributed by atoms with Gasteiger partial charge in [-0.15, -0.1) is 5.10 Å². The van der Waals surface area contributed by atoms with E-state index in [2.05, 4.69) is 10.1 Å². The molecule has 0 aliphatic rings. The summed E-state index contributed by atoms with van der Waals surface area (Å²) in [4.78, 5) is 40.3. The molecule has 4 aromatic rings. The smallest absolute Gasteiger partial charge is 0.437 e. The Bertz CT molecular complexity index is 1330. The summed E-state index contributed by atoms with van der Waals surface area (Å²) in [5.74, 6) is -2.56. The molecule has 2 heterocycles. The van der Waals surface area contributed by atoms with Crippen LogP contribution in [-0.4, -0.2) is 32.6 Å². The fourth-order valence-corrected chi connectivity index (χ4v) is 3.32. The predicted octanol–water partition coefficient (Wildman–Crippen LogP) is 3.25. The molecule has 1 atom stereocenters. The van der Waals surface area contributed by atoms with E-state index in [0.29, 0.717) is 16.8 Å². The number of aromatic amines is 1. The molecule has 1 unspecified atom stereocenters. The number of para-hydroxylation sites is 1. The largest absolute Gasteiger partial charge is 0.453 e. The van der Waals surface area contributed by atoms with Crippen molar-refractivity contribution in [3.63, 3.8) is 0 Å². The van der Waals surface area contributed by atoms with Crippen LogP contribution in [0.25, 0.3) is 22.4 Å². The molecular weight excluding hydrogens is 405 g/mol. The summed E-state index contributed by atoms with van der Waals surface area (Å²) in [6, 6.07) is 12.5. The van der Waals surface area contributed by atoms with Crippen LogP contribution in [0.3, 0.4) is 0 Å². The zero-order valence-corrected chi connectivity index (χ0v) is 16.7. The first-order valence-corrected chi connectivity index (χ1v) is 9.48. The lowest BCUT2D eigenvalue weighted by molar-refractivity contribution is -0.147. The first-order valence-electron chi connectivity index (χ1n) is 9.48. The van der Waals surface area contributed by atoms with E-state index in [1.165, 1.54) is 31.2 Å². The molecular formula is C22H18FN3O5. The maximum absolute atomic E-state index is 13.1. The SMILES string of the molecule is Cc1[nH]c2ccccc2c1C(=O)C(C)OC(=O)Cn1nc(-c2ccc(F)cc2)oc1=O. The third-order valence-corrected chi connectivity index (χ3v) is 4.79. The number of fused-ring (bicyclic) bond motifs is 1. The van der Waals surface area contributed by atoms with Crippen LogP contribution in [0.15, 0.2) is 57.7 Å². The van der Waals surface area contributed by atoms with Crippen molar-refractivity contribution in [2.45, 2.75) is 26.5 Å². The Balaban J connectivity index is 1.47. The van der Waals surface area contributed by atoms with E-state index in [1.54, 1.807) is 6.92 Å². The molecule has 0 saturated heterocycles. The van der Waals surface area contributed by atoms with Crippen LogP contribution >= 0.6 is 0 Å². The van der Waals surface area contributed by atoms with Crippen molar-refractivity contribution in [3.05, 3.63) is 76.2 Å². The molecule has 0 saturated carbocycles. The molecule has 9 heteroatoms. The van der Waals surface area contributed by atoms with Gasteiger partial charge in [0.25, 0.3) is 0 Å². The van der Waals surface area contributed by atoms with Crippen LogP contribution < -0.4 is 5.76 Å². The number of carbonyl (C=O) groups is 2. The highest BCUT2D eigenvalue weighted by Gasteiger charge is 2.25. The Morgan fingerprint density at radius 3 is 2.65 bits per heavy atom. The summed E-state index contributed by atoms with van der Waals surface area (Å²) in [7, 11) is 0. The molecule has 0 fully saturated rings. The summed E-state index contributed by atoms with van der Waals surface area (Å²) in [6.07, 6.45) is -1.07. The first kappa shape index (κ1) is 20.3. The Labute approximate surface area is 175 Å². The van der Waals surface area contributed by atoms with Gasteiger partial charge in [0.2, 0.25) is 11.7 Å². The van der Waals surface area contributed by atoms with Crippen molar-refractivity contribution in [2.24, 2.45) is 0 Å². The number of nitrogens with zero attached hydrogens (tertiary/aromatic N) is 2. The van der Waals surface area contributed by atoms with Crippen LogP contribution in [0, 0.1) is 12.7 Å². The Morgan fingerprint density at radius 1 is 1.19 bits per heavy atom. The standard InChI is InChI=1S/C22H18FN3O5/c1-12-19(16-5-3-4-6-17(16)24-12)20(28)13(2)30-18(27)11-26-22(29)31-21(25-26)14-7-9-15(23)10-8-14/h3-10,13,24H,11H2,1-2H3. The van der Waals surface area contributed by atoms with Crippen molar-refractivity contribution < 1.29 is 23.1 Å². The van der Waals surface area contributed by atoms with Crippen LogP contribution in [0.2, 0.25) is 0 Å². The maximum atomic E-state index is 13.1. The van der Waals surface area contributed by atoms with Gasteiger partial charge < -0.3 is 14.1 Å². The number of carbonyl (C=O) groups excluding carboxylic acids is 2. The number of Topliss-reactive ketones (excluding diaryl/α,β-unsaturated/α-hetero) is 1. The topological polar surface area (TPSA) is 107 Å². The second-order valence-corrected chi connectivity index (χ2v) is 7.00. The van der Waals surface area contributed by atoms with Crippen molar-refractivity contribution in [1.29, 1.82) is 0 Å². The Morgan fingerprint density at radius 2 is 1.90 bits per heavy atom. The molecule has 0 aliphatic heterocycles. The zero-order chi connectivity index (χ0) is 22.1. The number of aryl methyl sites for hydroxylation is 1. The number of H-pyrrole nitrogens is 1. The molecule has 0 aliphatic carbocycles. The monoisotopic (exact) mass is 423 g/mol. The molecule has 0 spiro atoms. The van der Waals surface area contributed by atoms with Gasteiger partial charge in [0.05, 0.1) is 0 Å². The van der Waals surface area contributed by atoms with E-state index in [4.69, 9.17) is 9.15 Å². The fraction of sp³-hybridized carbons (Fsp3) is 0.182. The van der Waals surface area contributed by atoms with Gasteiger partial charge in [-0.3, -0.25) is 9.59 Å². The van der Waals surface area contributed by atoms with Crippen LogP contribution in [0.1, 0.15) is 23.0 Å². The Kier molecular flexibility index (Phi) is 5.24. The van der Waals surface area contributed by atoms with Crippen LogP contribution in [0.4, 0.5) is 4.39 Å². The number of esters is 1. The van der Waals surface area contributed by atoms with Crippen molar-refractivity contribution in [2.75, 3.05) is 0 Å². The number of hydrogen-bond acceptors (Lipinski definition) is 6. The number of hydrogen-bond donors (Lipinski definition) is 1. The molecule has 2 aromatic heterocycles. The summed E-state index contributed by atoms with van der Waals surface area (Å²) in [5.41, 5.74) is 2.31. The van der Waals surface area contributed by atoms with E-state index in [9.17, 15) is 18.8 Å². The van der Waals surface area contributed by atoms with Gasteiger partial charge in [-0.05, 0) is 44.2 Å². The van der Waals surface area contributed by atoms with Gasteiger partial charge in [0, 0.05) is 27.7 Å². The lowest BCUT2D eigenvalue weighted by atomic mass is 10.0. The van der Waals surface area contributed by atoms with Gasteiger partial charge in [0.1, 0.15) is 12.4 Å². The average molecular weight is 423 g/mol. The molecule has 1 N–H and O–H groups in total. The molecule has 0 bridgehead atoms. The van der Waals surface area contributed by atoms with Gasteiger partial charge in [-0.2, -0.15) is 4.68 Å². The van der Waals surface area contributed by atoms with E-state index >= 15 is 0 Å². The fourth-order valence-electron chi connectivity index (χ4n) is 3.32. The molecule has 0 amide bonds. The number of rotatable bonds is 6. The number of halogens is 1. The van der Waals surface area contributed by atoms with E-state index in [-0.39, 0.29) is 11.7 Å². The minimum atomic E-state index is -1.07. The van der Waals surface area contributed by atoms with E-state index in [1.807, 2.05) is 24.3 Å². The minimum Gasteiger partial charge on any atom is -0.453 e. The second-order valence-electron chi connectivity index (χ2n) is 7.00. The highest BCUT2D eigenvalue weighted by Crippen LogP contribution is 2.24. The van der Waals surface area contributed by atoms with E-state index in [0.717, 1.165) is 15.6 Å². The summed E-state index contributed by atoms with van der Waals surface area (Å²) < 4.78 is 24.1. The van der Waals surface area contributed by atoms with Gasteiger partial charge in [-0.25, -0.2) is 9.18 Å². The molecule has 31 heavy (non-hydrogen) atoms. The molecule has 158 valence electrons. The lowest BCUT2D eigenvalue weighted by Gasteiger charge is -2.12. The first-order chi connectivity index (χ1) is 14.8. The summed E-state index contributed by atoms with van der Waals surface area (Å²) >= 11 is 0.